The van der Waals surface area contributed by atoms with Gasteiger partial charge in [0.1, 0.15) is 5.75 Å². The molecule has 0 spiro atoms. The fourth-order valence-electron chi connectivity index (χ4n) is 3.01. The fourth-order valence-corrected chi connectivity index (χ4v) is 3.01. The lowest BCUT2D eigenvalue weighted by Crippen LogP contribution is -2.29. The summed E-state index contributed by atoms with van der Waals surface area (Å²) in [5.74, 6) is 0.398. The van der Waals surface area contributed by atoms with Crippen molar-refractivity contribution in [3.8, 4) is 5.75 Å². The van der Waals surface area contributed by atoms with Crippen molar-refractivity contribution in [2.45, 2.75) is 13.1 Å². The van der Waals surface area contributed by atoms with Gasteiger partial charge in [-0.15, -0.1) is 0 Å². The van der Waals surface area contributed by atoms with Gasteiger partial charge in [-0.3, -0.25) is 9.59 Å². The van der Waals surface area contributed by atoms with Gasteiger partial charge >= 0.3 is 0 Å². The Morgan fingerprint density at radius 3 is 2.62 bits per heavy atom. The summed E-state index contributed by atoms with van der Waals surface area (Å²) < 4.78 is 10.2. The molecule has 136 valence electrons. The van der Waals surface area contributed by atoms with Crippen LogP contribution in [0.4, 0.5) is 0 Å². The Labute approximate surface area is 152 Å². The maximum Gasteiger partial charge on any atom is 0.255 e. The summed E-state index contributed by atoms with van der Waals surface area (Å²) in [7, 11) is 3.21. The van der Waals surface area contributed by atoms with Gasteiger partial charge in [-0.2, -0.15) is 0 Å². The first-order chi connectivity index (χ1) is 12.6. The van der Waals surface area contributed by atoms with Gasteiger partial charge in [0.25, 0.3) is 11.8 Å². The molecule has 2 amide bonds. The van der Waals surface area contributed by atoms with E-state index in [1.807, 2.05) is 36.4 Å². The molecule has 0 saturated heterocycles. The van der Waals surface area contributed by atoms with E-state index in [1.54, 1.807) is 25.2 Å². The highest BCUT2D eigenvalue weighted by molar-refractivity contribution is 6.09. The number of nitrogens with zero attached hydrogens (tertiary/aromatic N) is 1. The number of carbonyl (C=O) groups is 2. The van der Waals surface area contributed by atoms with Crippen molar-refractivity contribution < 1.29 is 19.1 Å². The van der Waals surface area contributed by atoms with Gasteiger partial charge in [-0.25, -0.2) is 0 Å². The minimum atomic E-state index is -0.250. The van der Waals surface area contributed by atoms with Crippen LogP contribution in [0.15, 0.2) is 42.5 Å². The molecule has 6 heteroatoms. The van der Waals surface area contributed by atoms with Crippen molar-refractivity contribution in [3.63, 3.8) is 0 Å². The fraction of sp³-hybridized carbons (Fsp3) is 0.300. The second-order valence-corrected chi connectivity index (χ2v) is 6.09. The number of fused-ring (bicyclic) bond motifs is 1. The van der Waals surface area contributed by atoms with Crippen LogP contribution in [-0.4, -0.2) is 44.1 Å². The topological polar surface area (TPSA) is 67.9 Å². The second-order valence-electron chi connectivity index (χ2n) is 6.09. The number of nitrogens with one attached hydrogen (secondary N) is 1. The van der Waals surface area contributed by atoms with Crippen molar-refractivity contribution in [2.75, 3.05) is 27.4 Å². The molecule has 3 rings (SSSR count). The third kappa shape index (κ3) is 3.70. The molecule has 0 radical (unpaired) electrons. The van der Waals surface area contributed by atoms with Gasteiger partial charge < -0.3 is 19.7 Å². The van der Waals surface area contributed by atoms with E-state index < -0.39 is 0 Å². The van der Waals surface area contributed by atoms with Crippen LogP contribution in [-0.2, 0) is 17.8 Å². The van der Waals surface area contributed by atoms with Crippen LogP contribution in [0.3, 0.4) is 0 Å². The lowest BCUT2D eigenvalue weighted by atomic mass is 10.0. The monoisotopic (exact) mass is 354 g/mol. The Hall–Kier alpha value is -2.86. The molecular weight excluding hydrogens is 332 g/mol. The molecule has 1 heterocycles. The summed E-state index contributed by atoms with van der Waals surface area (Å²) in [6, 6.07) is 12.9. The Balaban J connectivity index is 1.71. The molecule has 2 aromatic rings. The molecule has 1 aliphatic heterocycles. The number of carbonyl (C=O) groups excluding carboxylic acids is 2. The van der Waals surface area contributed by atoms with Gasteiger partial charge in [0.2, 0.25) is 0 Å². The summed E-state index contributed by atoms with van der Waals surface area (Å²) in [5, 5.41) is 2.89. The van der Waals surface area contributed by atoms with Crippen LogP contribution in [0.1, 0.15) is 31.8 Å². The van der Waals surface area contributed by atoms with Gasteiger partial charge in [0.05, 0.1) is 24.8 Å². The Bertz CT molecular complexity index is 802. The molecule has 0 unspecified atom stereocenters. The zero-order valence-electron chi connectivity index (χ0n) is 15.0. The van der Waals surface area contributed by atoms with Crippen molar-refractivity contribution >= 4 is 11.8 Å². The van der Waals surface area contributed by atoms with Crippen LogP contribution in [0.25, 0.3) is 0 Å². The molecule has 0 saturated carbocycles. The summed E-state index contributed by atoms with van der Waals surface area (Å²) in [5.41, 5.74) is 2.75. The lowest BCUT2D eigenvalue weighted by Gasteiger charge is -2.14. The average molecular weight is 354 g/mol. The third-order valence-corrected chi connectivity index (χ3v) is 4.44. The molecule has 0 aromatic heterocycles. The molecule has 26 heavy (non-hydrogen) atoms. The van der Waals surface area contributed by atoms with Gasteiger partial charge in [-0.05, 0) is 29.3 Å². The normalized spacial score (nSPS) is 12.8. The first-order valence-corrected chi connectivity index (χ1v) is 8.45. The molecule has 6 nitrogen and oxygen atoms in total. The number of ether oxygens (including phenoxy) is 2. The van der Waals surface area contributed by atoms with E-state index in [9.17, 15) is 9.59 Å². The van der Waals surface area contributed by atoms with E-state index in [0.29, 0.717) is 37.4 Å². The van der Waals surface area contributed by atoms with E-state index >= 15 is 0 Å². The third-order valence-electron chi connectivity index (χ3n) is 4.44. The highest BCUT2D eigenvalue weighted by Crippen LogP contribution is 2.26. The van der Waals surface area contributed by atoms with Gasteiger partial charge in [0, 0.05) is 26.7 Å². The highest BCUT2D eigenvalue weighted by atomic mass is 16.5. The Kier molecular flexibility index (Phi) is 5.53. The molecule has 0 atom stereocenters. The van der Waals surface area contributed by atoms with Crippen LogP contribution < -0.4 is 10.1 Å². The molecule has 2 aromatic carbocycles. The largest absolute Gasteiger partial charge is 0.497 e. The molecule has 1 aliphatic rings. The van der Waals surface area contributed by atoms with Gasteiger partial charge in [-0.1, -0.05) is 24.3 Å². The Morgan fingerprint density at radius 1 is 1.15 bits per heavy atom. The minimum absolute atomic E-state index is 0.118. The van der Waals surface area contributed by atoms with E-state index in [2.05, 4.69) is 5.32 Å². The predicted molar refractivity (Wildman–Crippen MR) is 97.2 cm³/mol. The number of methoxy groups -OCH3 is 2. The second kappa shape index (κ2) is 8.01. The highest BCUT2D eigenvalue weighted by Gasteiger charge is 2.31. The first kappa shape index (κ1) is 17.9. The summed E-state index contributed by atoms with van der Waals surface area (Å²) in [6.07, 6.45) is 0. The minimum Gasteiger partial charge on any atom is -0.497 e. The number of benzene rings is 2. The lowest BCUT2D eigenvalue weighted by molar-refractivity contribution is 0.0715. The zero-order chi connectivity index (χ0) is 18.5. The van der Waals surface area contributed by atoms with E-state index in [4.69, 9.17) is 9.47 Å². The quantitative estimate of drug-likeness (QED) is 0.828. The SMILES string of the molecule is COCCN1Cc2cccc(C(=O)NCc3ccc(OC)cc3)c2C1=O. The van der Waals surface area contributed by atoms with Crippen LogP contribution in [0, 0.1) is 0 Å². The van der Waals surface area contributed by atoms with Gasteiger partial charge in [0.15, 0.2) is 0 Å². The maximum absolute atomic E-state index is 12.6. The number of rotatable bonds is 7. The molecular formula is C20H22N2O4. The summed E-state index contributed by atoms with van der Waals surface area (Å²) in [6.45, 7) is 1.88. The first-order valence-electron chi connectivity index (χ1n) is 8.45. The predicted octanol–water partition coefficient (Wildman–Crippen LogP) is 2.23. The zero-order valence-corrected chi connectivity index (χ0v) is 15.0. The van der Waals surface area contributed by atoms with Crippen molar-refractivity contribution in [1.82, 2.24) is 10.2 Å². The molecule has 1 N–H and O–H groups in total. The van der Waals surface area contributed by atoms with Crippen LogP contribution >= 0.6 is 0 Å². The van der Waals surface area contributed by atoms with E-state index in [-0.39, 0.29) is 11.8 Å². The number of hydrogen-bond donors (Lipinski definition) is 1. The van der Waals surface area contributed by atoms with Crippen molar-refractivity contribution in [3.05, 3.63) is 64.7 Å². The van der Waals surface area contributed by atoms with E-state index in [1.165, 1.54) is 0 Å². The molecule has 0 bridgehead atoms. The van der Waals surface area contributed by atoms with Crippen molar-refractivity contribution in [1.29, 1.82) is 0 Å². The van der Waals surface area contributed by atoms with Crippen LogP contribution in [0.2, 0.25) is 0 Å². The number of amides is 2. The van der Waals surface area contributed by atoms with Crippen LogP contribution in [0.5, 0.6) is 5.75 Å². The maximum atomic E-state index is 12.6. The van der Waals surface area contributed by atoms with Crippen molar-refractivity contribution in [2.24, 2.45) is 0 Å². The summed E-state index contributed by atoms with van der Waals surface area (Å²) in [4.78, 5) is 27.0. The Morgan fingerprint density at radius 2 is 1.92 bits per heavy atom. The standard InChI is InChI=1S/C20H22N2O4/c1-25-11-10-22-13-15-4-3-5-17(18(15)20(22)24)19(23)21-12-14-6-8-16(26-2)9-7-14/h3-9H,10-13H2,1-2H3,(H,21,23). The smallest absolute Gasteiger partial charge is 0.255 e. The van der Waals surface area contributed by atoms with E-state index in [0.717, 1.165) is 16.9 Å². The summed E-state index contributed by atoms with van der Waals surface area (Å²) >= 11 is 0. The average Bonchev–Trinajstić information content (AvgIpc) is 3.00. The molecule has 0 aliphatic carbocycles. The molecule has 0 fully saturated rings. The number of hydrogen-bond acceptors (Lipinski definition) is 4.